The summed E-state index contributed by atoms with van der Waals surface area (Å²) < 4.78 is 6.61. The van der Waals surface area contributed by atoms with Crippen LogP contribution in [0.15, 0.2) is 29.1 Å². The van der Waals surface area contributed by atoms with Crippen molar-refractivity contribution in [3.63, 3.8) is 0 Å². The SMILES string of the molecule is CC(C)n1nc(C(=O)OCc2nc(N)nc(N(C)C)n2)c2ccccc2c1=O. The van der Waals surface area contributed by atoms with Gasteiger partial charge < -0.3 is 15.4 Å². The zero-order valence-electron chi connectivity index (χ0n) is 16.1. The van der Waals surface area contributed by atoms with E-state index < -0.39 is 5.97 Å². The van der Waals surface area contributed by atoms with E-state index in [4.69, 9.17) is 10.5 Å². The Morgan fingerprint density at radius 3 is 2.50 bits per heavy atom. The molecule has 10 heteroatoms. The molecule has 146 valence electrons. The van der Waals surface area contributed by atoms with Crippen molar-refractivity contribution in [1.29, 1.82) is 0 Å². The zero-order valence-corrected chi connectivity index (χ0v) is 16.1. The van der Waals surface area contributed by atoms with Gasteiger partial charge in [0.2, 0.25) is 11.9 Å². The number of rotatable bonds is 5. The van der Waals surface area contributed by atoms with Gasteiger partial charge in [0, 0.05) is 19.5 Å². The maximum absolute atomic E-state index is 12.7. The van der Waals surface area contributed by atoms with Crippen LogP contribution in [0.5, 0.6) is 0 Å². The lowest BCUT2D eigenvalue weighted by Crippen LogP contribution is -2.28. The molecule has 0 bridgehead atoms. The zero-order chi connectivity index (χ0) is 20.4. The molecule has 0 amide bonds. The molecule has 0 aliphatic carbocycles. The monoisotopic (exact) mass is 383 g/mol. The summed E-state index contributed by atoms with van der Waals surface area (Å²) in [7, 11) is 3.52. The quantitative estimate of drug-likeness (QED) is 0.645. The van der Waals surface area contributed by atoms with Gasteiger partial charge in [-0.1, -0.05) is 18.2 Å². The fraction of sp³-hybridized carbons (Fsp3) is 0.333. The largest absolute Gasteiger partial charge is 0.453 e. The first-order chi connectivity index (χ1) is 13.3. The molecule has 0 spiro atoms. The van der Waals surface area contributed by atoms with Crippen LogP contribution in [-0.4, -0.2) is 44.8 Å². The van der Waals surface area contributed by atoms with Gasteiger partial charge in [-0.15, -0.1) is 0 Å². The van der Waals surface area contributed by atoms with Crippen molar-refractivity contribution < 1.29 is 9.53 Å². The first kappa shape index (κ1) is 19.2. The van der Waals surface area contributed by atoms with Gasteiger partial charge in [0.05, 0.1) is 11.4 Å². The van der Waals surface area contributed by atoms with Crippen molar-refractivity contribution in [1.82, 2.24) is 24.7 Å². The molecule has 0 saturated heterocycles. The van der Waals surface area contributed by atoms with E-state index in [1.165, 1.54) is 4.68 Å². The second kappa shape index (κ2) is 7.59. The number of aromatic nitrogens is 5. The summed E-state index contributed by atoms with van der Waals surface area (Å²) in [4.78, 5) is 39.1. The first-order valence-electron chi connectivity index (χ1n) is 8.64. The fourth-order valence-corrected chi connectivity index (χ4v) is 2.60. The fourth-order valence-electron chi connectivity index (χ4n) is 2.60. The molecule has 3 aromatic rings. The third-order valence-corrected chi connectivity index (χ3v) is 3.93. The second-order valence-electron chi connectivity index (χ2n) is 6.62. The standard InChI is InChI=1S/C18H21N7O3/c1-10(2)25-15(26)12-8-6-5-7-11(12)14(23-25)16(27)28-9-13-20-17(19)22-18(21-13)24(3)4/h5-8,10H,9H2,1-4H3,(H2,19,20,21,22). The van der Waals surface area contributed by atoms with Gasteiger partial charge in [0.15, 0.2) is 18.1 Å². The number of anilines is 2. The van der Waals surface area contributed by atoms with Gasteiger partial charge in [0.25, 0.3) is 5.56 Å². The Bertz CT molecular complexity index is 1090. The number of carbonyl (C=O) groups excluding carboxylic acids is 1. The van der Waals surface area contributed by atoms with E-state index in [9.17, 15) is 9.59 Å². The highest BCUT2D eigenvalue weighted by Gasteiger charge is 2.19. The topological polar surface area (TPSA) is 129 Å². The average molecular weight is 383 g/mol. The normalized spacial score (nSPS) is 11.0. The number of nitrogens with two attached hydrogens (primary N) is 1. The number of hydrogen-bond acceptors (Lipinski definition) is 9. The van der Waals surface area contributed by atoms with Crippen molar-refractivity contribution in [2.24, 2.45) is 0 Å². The van der Waals surface area contributed by atoms with Crippen molar-refractivity contribution in [3.8, 4) is 0 Å². The van der Waals surface area contributed by atoms with E-state index in [1.807, 2.05) is 13.8 Å². The molecule has 0 saturated carbocycles. The van der Waals surface area contributed by atoms with Gasteiger partial charge >= 0.3 is 5.97 Å². The molecule has 0 aliphatic rings. The maximum Gasteiger partial charge on any atom is 0.359 e. The summed E-state index contributed by atoms with van der Waals surface area (Å²) >= 11 is 0. The Hall–Kier alpha value is -3.56. The van der Waals surface area contributed by atoms with Gasteiger partial charge in [-0.25, -0.2) is 9.48 Å². The van der Waals surface area contributed by atoms with E-state index in [0.717, 1.165) is 0 Å². The highest BCUT2D eigenvalue weighted by atomic mass is 16.5. The number of nitrogens with zero attached hydrogens (tertiary/aromatic N) is 6. The third kappa shape index (κ3) is 3.75. The number of benzene rings is 1. The number of fused-ring (bicyclic) bond motifs is 1. The van der Waals surface area contributed by atoms with E-state index in [0.29, 0.717) is 16.7 Å². The van der Waals surface area contributed by atoms with Gasteiger partial charge in [-0.2, -0.15) is 20.1 Å². The smallest absolute Gasteiger partial charge is 0.359 e. The summed E-state index contributed by atoms with van der Waals surface area (Å²) in [6.45, 7) is 3.42. The highest BCUT2D eigenvalue weighted by molar-refractivity contribution is 6.02. The van der Waals surface area contributed by atoms with Crippen LogP contribution in [-0.2, 0) is 11.3 Å². The summed E-state index contributed by atoms with van der Waals surface area (Å²) in [5.41, 5.74) is 5.47. The second-order valence-corrected chi connectivity index (χ2v) is 6.62. The van der Waals surface area contributed by atoms with Crippen LogP contribution >= 0.6 is 0 Å². The van der Waals surface area contributed by atoms with Gasteiger partial charge in [0.1, 0.15) is 0 Å². The van der Waals surface area contributed by atoms with Crippen LogP contribution < -0.4 is 16.2 Å². The molecule has 0 fully saturated rings. The lowest BCUT2D eigenvalue weighted by Gasteiger charge is -2.13. The molecule has 0 atom stereocenters. The Morgan fingerprint density at radius 1 is 1.18 bits per heavy atom. The van der Waals surface area contributed by atoms with Crippen LogP contribution in [0, 0.1) is 0 Å². The Kier molecular flexibility index (Phi) is 5.21. The number of ether oxygens (including phenoxy) is 1. The summed E-state index contributed by atoms with van der Waals surface area (Å²) in [5, 5.41) is 5.05. The van der Waals surface area contributed by atoms with Crippen LogP contribution in [0.4, 0.5) is 11.9 Å². The lowest BCUT2D eigenvalue weighted by atomic mass is 10.1. The number of hydrogen-bond donors (Lipinski definition) is 1. The summed E-state index contributed by atoms with van der Waals surface area (Å²) in [6, 6.07) is 6.58. The minimum absolute atomic E-state index is 0.0293. The molecule has 2 heterocycles. The molecule has 2 aromatic heterocycles. The van der Waals surface area contributed by atoms with Crippen molar-refractivity contribution in [2.75, 3.05) is 24.7 Å². The molecule has 2 N–H and O–H groups in total. The van der Waals surface area contributed by atoms with Crippen LogP contribution in [0.2, 0.25) is 0 Å². The van der Waals surface area contributed by atoms with E-state index in [1.54, 1.807) is 43.3 Å². The van der Waals surface area contributed by atoms with E-state index in [2.05, 4.69) is 20.1 Å². The average Bonchev–Trinajstić information content (AvgIpc) is 2.66. The predicted octanol–water partition coefficient (Wildman–Crippen LogP) is 1.17. The number of carbonyl (C=O) groups is 1. The van der Waals surface area contributed by atoms with Crippen molar-refractivity contribution in [3.05, 3.63) is 46.1 Å². The molecule has 1 aromatic carbocycles. The molecule has 10 nitrogen and oxygen atoms in total. The molecular formula is C18H21N7O3. The Labute approximate surface area is 161 Å². The molecule has 3 rings (SSSR count). The molecule has 0 aliphatic heterocycles. The minimum atomic E-state index is -0.684. The Balaban J connectivity index is 1.94. The predicted molar refractivity (Wildman–Crippen MR) is 104 cm³/mol. The summed E-state index contributed by atoms with van der Waals surface area (Å²) in [6.07, 6.45) is 0. The van der Waals surface area contributed by atoms with Crippen LogP contribution in [0.3, 0.4) is 0 Å². The van der Waals surface area contributed by atoms with E-state index in [-0.39, 0.29) is 35.7 Å². The highest BCUT2D eigenvalue weighted by Crippen LogP contribution is 2.16. The minimum Gasteiger partial charge on any atom is -0.453 e. The van der Waals surface area contributed by atoms with Gasteiger partial charge in [-0.05, 0) is 19.9 Å². The lowest BCUT2D eigenvalue weighted by molar-refractivity contribution is 0.0454. The molecular weight excluding hydrogens is 362 g/mol. The number of nitrogen functional groups attached to an aromatic ring is 1. The van der Waals surface area contributed by atoms with Gasteiger partial charge in [-0.3, -0.25) is 4.79 Å². The first-order valence-corrected chi connectivity index (χ1v) is 8.64. The molecule has 0 unspecified atom stereocenters. The van der Waals surface area contributed by atoms with Crippen molar-refractivity contribution >= 4 is 28.6 Å². The van der Waals surface area contributed by atoms with Crippen LogP contribution in [0.1, 0.15) is 36.2 Å². The molecule has 28 heavy (non-hydrogen) atoms. The molecule has 0 radical (unpaired) electrons. The Morgan fingerprint density at radius 2 is 1.86 bits per heavy atom. The maximum atomic E-state index is 12.7. The van der Waals surface area contributed by atoms with Crippen molar-refractivity contribution in [2.45, 2.75) is 26.5 Å². The summed E-state index contributed by atoms with van der Waals surface area (Å²) in [5.74, 6) is -0.0841. The number of esters is 1. The van der Waals surface area contributed by atoms with Crippen LogP contribution in [0.25, 0.3) is 10.8 Å². The van der Waals surface area contributed by atoms with E-state index >= 15 is 0 Å². The third-order valence-electron chi connectivity index (χ3n) is 3.93.